The van der Waals surface area contributed by atoms with E-state index in [0.29, 0.717) is 19.2 Å². The summed E-state index contributed by atoms with van der Waals surface area (Å²) in [6.07, 6.45) is 3.58. The molecule has 1 N–H and O–H groups in total. The molecule has 0 atom stereocenters. The highest BCUT2D eigenvalue weighted by Crippen LogP contribution is 2.36. The molecule has 0 amide bonds. The molecule has 1 fully saturated rings. The summed E-state index contributed by atoms with van der Waals surface area (Å²) in [5.41, 5.74) is 0.881. The van der Waals surface area contributed by atoms with Crippen molar-refractivity contribution in [2.45, 2.75) is 84.2 Å². The minimum atomic E-state index is -1.75. The van der Waals surface area contributed by atoms with Gasteiger partial charge in [-0.05, 0) is 37.0 Å². The van der Waals surface area contributed by atoms with Crippen molar-refractivity contribution in [1.82, 2.24) is 14.9 Å². The lowest BCUT2D eigenvalue weighted by molar-refractivity contribution is 0.0844. The summed E-state index contributed by atoms with van der Waals surface area (Å²) in [5, 5.41) is 3.55. The summed E-state index contributed by atoms with van der Waals surface area (Å²) in [7, 11) is -2.90. The van der Waals surface area contributed by atoms with Crippen LogP contribution in [0.25, 0.3) is 0 Å². The Labute approximate surface area is 197 Å². The van der Waals surface area contributed by atoms with E-state index in [1.54, 1.807) is 4.57 Å². The average molecular weight is 483 g/mol. The van der Waals surface area contributed by atoms with E-state index in [-0.39, 0.29) is 10.6 Å². The van der Waals surface area contributed by atoms with Gasteiger partial charge in [0.25, 0.3) is 5.56 Å². The van der Waals surface area contributed by atoms with Crippen LogP contribution >= 0.6 is 0 Å². The molecule has 0 unspecified atom stereocenters. The van der Waals surface area contributed by atoms with Crippen molar-refractivity contribution in [2.24, 2.45) is 0 Å². The smallest absolute Gasteiger partial charge is 0.295 e. The summed E-state index contributed by atoms with van der Waals surface area (Å²) in [5.74, 6) is 0.558. The molecule has 32 heavy (non-hydrogen) atoms. The van der Waals surface area contributed by atoms with Crippen molar-refractivity contribution < 1.29 is 9.16 Å². The number of hydrogen-bond donors (Lipinski definition) is 1. The van der Waals surface area contributed by atoms with Gasteiger partial charge in [-0.15, -0.1) is 0 Å². The lowest BCUT2D eigenvalue weighted by Gasteiger charge is -2.36. The van der Waals surface area contributed by atoms with E-state index >= 15 is 0 Å². The SMILES string of the molecule is CC(C)(C)[Si](C)(C)OCCCc1cn(COCC[Si](C)(C)C)c(=O)c(N2CCNCC2)n1. The molecule has 184 valence electrons. The van der Waals surface area contributed by atoms with E-state index in [4.69, 9.17) is 14.1 Å². The first kappa shape index (κ1) is 27.2. The van der Waals surface area contributed by atoms with Crippen LogP contribution in [0, 0.1) is 0 Å². The molecule has 1 saturated heterocycles. The van der Waals surface area contributed by atoms with Crippen LogP contribution in [0.5, 0.6) is 0 Å². The normalized spacial score (nSPS) is 15.9. The fraction of sp³-hybridized carbons (Fsp3) is 0.826. The summed E-state index contributed by atoms with van der Waals surface area (Å²) < 4.78 is 13.9. The van der Waals surface area contributed by atoms with Crippen LogP contribution in [0.1, 0.15) is 32.9 Å². The first-order valence-corrected chi connectivity index (χ1v) is 18.7. The van der Waals surface area contributed by atoms with Crippen molar-refractivity contribution in [3.05, 3.63) is 22.2 Å². The first-order valence-electron chi connectivity index (χ1n) is 12.1. The molecule has 9 heteroatoms. The lowest BCUT2D eigenvalue weighted by atomic mass is 10.2. The van der Waals surface area contributed by atoms with Gasteiger partial charge in [0.1, 0.15) is 6.73 Å². The number of ether oxygens (including phenoxy) is 1. The number of hydrogen-bond acceptors (Lipinski definition) is 6. The highest BCUT2D eigenvalue weighted by Gasteiger charge is 2.36. The Kier molecular flexibility index (Phi) is 9.72. The molecule has 2 heterocycles. The van der Waals surface area contributed by atoms with Gasteiger partial charge >= 0.3 is 0 Å². The fourth-order valence-corrected chi connectivity index (χ4v) is 5.06. The first-order chi connectivity index (χ1) is 14.8. The van der Waals surface area contributed by atoms with Gasteiger partial charge in [0.2, 0.25) is 0 Å². The van der Waals surface area contributed by atoms with Gasteiger partial charge in [-0.3, -0.25) is 9.36 Å². The van der Waals surface area contributed by atoms with Gasteiger partial charge in [-0.1, -0.05) is 40.4 Å². The third-order valence-corrected chi connectivity index (χ3v) is 12.7. The number of aromatic nitrogens is 2. The van der Waals surface area contributed by atoms with E-state index in [9.17, 15) is 4.79 Å². The van der Waals surface area contributed by atoms with Crippen molar-refractivity contribution in [1.29, 1.82) is 0 Å². The number of rotatable bonds is 11. The predicted molar refractivity (Wildman–Crippen MR) is 139 cm³/mol. The van der Waals surface area contributed by atoms with Crippen LogP contribution in [-0.2, 0) is 22.3 Å². The zero-order valence-electron chi connectivity index (χ0n) is 21.7. The Morgan fingerprint density at radius 2 is 1.75 bits per heavy atom. The van der Waals surface area contributed by atoms with Gasteiger partial charge in [-0.2, -0.15) is 0 Å². The average Bonchev–Trinajstić information content (AvgIpc) is 2.69. The van der Waals surface area contributed by atoms with E-state index in [1.165, 1.54) is 0 Å². The Balaban J connectivity index is 2.08. The quantitative estimate of drug-likeness (QED) is 0.381. The number of nitrogens with one attached hydrogen (secondary N) is 1. The molecule has 1 aliphatic rings. The van der Waals surface area contributed by atoms with Gasteiger partial charge in [0.15, 0.2) is 14.1 Å². The molecule has 1 aliphatic heterocycles. The maximum absolute atomic E-state index is 13.1. The third kappa shape index (κ3) is 8.40. The molecule has 1 aromatic heterocycles. The standard InChI is InChI=1S/C23H46N4O3Si2/c1-23(2,3)32(7,8)30-15-9-10-20-18-27(19-29-16-17-31(4,5)6)22(28)21(25-20)26-13-11-24-12-14-26/h18,24H,9-17,19H2,1-8H3. The zero-order valence-corrected chi connectivity index (χ0v) is 23.7. The van der Waals surface area contributed by atoms with Crippen LogP contribution in [-0.4, -0.2) is 65.3 Å². The van der Waals surface area contributed by atoms with E-state index < -0.39 is 16.4 Å². The van der Waals surface area contributed by atoms with E-state index in [2.05, 4.69) is 63.7 Å². The second-order valence-electron chi connectivity index (χ2n) is 11.6. The maximum atomic E-state index is 13.1. The maximum Gasteiger partial charge on any atom is 0.295 e. The molecule has 2 rings (SSSR count). The lowest BCUT2D eigenvalue weighted by Crippen LogP contribution is -2.46. The number of anilines is 1. The predicted octanol–water partition coefficient (Wildman–Crippen LogP) is 3.92. The highest BCUT2D eigenvalue weighted by molar-refractivity contribution is 6.76. The molecule has 0 bridgehead atoms. The van der Waals surface area contributed by atoms with Gasteiger partial charge < -0.3 is 19.4 Å². The topological polar surface area (TPSA) is 68.6 Å². The number of aryl methyl sites for hydroxylation is 1. The van der Waals surface area contributed by atoms with Gasteiger partial charge in [0.05, 0.1) is 5.69 Å². The van der Waals surface area contributed by atoms with Crippen LogP contribution in [0.3, 0.4) is 0 Å². The van der Waals surface area contributed by atoms with Crippen LogP contribution in [0.4, 0.5) is 5.82 Å². The van der Waals surface area contributed by atoms with Crippen LogP contribution in [0.2, 0.25) is 43.8 Å². The summed E-state index contributed by atoms with van der Waals surface area (Å²) in [4.78, 5) is 20.0. The minimum Gasteiger partial charge on any atom is -0.417 e. The minimum absolute atomic E-state index is 0.0545. The summed E-state index contributed by atoms with van der Waals surface area (Å²) >= 11 is 0. The van der Waals surface area contributed by atoms with Gasteiger partial charge in [-0.25, -0.2) is 4.98 Å². The zero-order chi connectivity index (χ0) is 24.0. The van der Waals surface area contributed by atoms with Crippen LogP contribution in [0.15, 0.2) is 11.0 Å². The van der Waals surface area contributed by atoms with E-state index in [1.807, 2.05) is 6.20 Å². The molecular formula is C23H46N4O3Si2. The largest absolute Gasteiger partial charge is 0.417 e. The van der Waals surface area contributed by atoms with E-state index in [0.717, 1.165) is 57.4 Å². The highest BCUT2D eigenvalue weighted by atomic mass is 28.4. The molecule has 7 nitrogen and oxygen atoms in total. The molecule has 0 aromatic carbocycles. The van der Waals surface area contributed by atoms with Crippen molar-refractivity contribution >= 4 is 22.2 Å². The molecule has 1 aromatic rings. The molecule has 0 aliphatic carbocycles. The summed E-state index contributed by atoms with van der Waals surface area (Å²) in [6.45, 7) is 23.4. The van der Waals surface area contributed by atoms with Crippen molar-refractivity contribution in [2.75, 3.05) is 44.3 Å². The van der Waals surface area contributed by atoms with Crippen molar-refractivity contribution in [3.8, 4) is 0 Å². The monoisotopic (exact) mass is 482 g/mol. The van der Waals surface area contributed by atoms with Crippen LogP contribution < -0.4 is 15.8 Å². The molecule has 0 spiro atoms. The Bertz CT molecular complexity index is 779. The molecule has 0 saturated carbocycles. The number of piperazine rings is 1. The molecular weight excluding hydrogens is 436 g/mol. The Morgan fingerprint density at radius 3 is 2.34 bits per heavy atom. The fourth-order valence-electron chi connectivity index (χ4n) is 3.22. The van der Waals surface area contributed by atoms with Crippen molar-refractivity contribution in [3.63, 3.8) is 0 Å². The Morgan fingerprint density at radius 1 is 1.09 bits per heavy atom. The summed E-state index contributed by atoms with van der Waals surface area (Å²) in [6, 6.07) is 1.09. The van der Waals surface area contributed by atoms with Gasteiger partial charge in [0, 0.05) is 53.7 Å². The number of nitrogens with zero attached hydrogens (tertiary/aromatic N) is 3. The second kappa shape index (κ2) is 11.4. The Hall–Kier alpha value is -1.01. The third-order valence-electron chi connectivity index (χ3n) is 6.50. The molecule has 0 radical (unpaired) electrons. The second-order valence-corrected chi connectivity index (χ2v) is 22.1.